The van der Waals surface area contributed by atoms with Gasteiger partial charge in [-0.3, -0.25) is 9.69 Å². The summed E-state index contributed by atoms with van der Waals surface area (Å²) in [6.07, 6.45) is 4.60. The van der Waals surface area contributed by atoms with Crippen molar-refractivity contribution in [1.82, 2.24) is 24.6 Å². The SMILES string of the molecule is C[C@H](Sc1nnc2n1CCCCC2)C(=O)N1CCN(Cc2ccccc2)CC1. The van der Waals surface area contributed by atoms with Crippen LogP contribution < -0.4 is 0 Å². The van der Waals surface area contributed by atoms with E-state index in [1.165, 1.54) is 24.8 Å². The maximum atomic E-state index is 13.0. The minimum atomic E-state index is -0.128. The van der Waals surface area contributed by atoms with Crippen molar-refractivity contribution < 1.29 is 4.79 Å². The van der Waals surface area contributed by atoms with Crippen LogP contribution in [-0.4, -0.2) is 61.9 Å². The summed E-state index contributed by atoms with van der Waals surface area (Å²) in [6.45, 7) is 7.39. The van der Waals surface area contributed by atoms with E-state index in [-0.39, 0.29) is 11.2 Å². The molecule has 1 aromatic heterocycles. The van der Waals surface area contributed by atoms with Crippen molar-refractivity contribution in [2.45, 2.75) is 56.1 Å². The lowest BCUT2D eigenvalue weighted by Crippen LogP contribution is -2.50. The normalized spacial score (nSPS) is 19.1. The Labute approximate surface area is 171 Å². The molecule has 6 nitrogen and oxygen atoms in total. The van der Waals surface area contributed by atoms with Crippen molar-refractivity contribution in [3.05, 3.63) is 41.7 Å². The van der Waals surface area contributed by atoms with E-state index >= 15 is 0 Å². The first-order valence-corrected chi connectivity index (χ1v) is 11.2. The van der Waals surface area contributed by atoms with Crippen molar-refractivity contribution in [3.63, 3.8) is 0 Å². The van der Waals surface area contributed by atoms with Gasteiger partial charge >= 0.3 is 0 Å². The first-order chi connectivity index (χ1) is 13.7. The van der Waals surface area contributed by atoms with Crippen LogP contribution in [0.3, 0.4) is 0 Å². The van der Waals surface area contributed by atoms with E-state index in [0.717, 1.165) is 56.7 Å². The van der Waals surface area contributed by atoms with Gasteiger partial charge in [-0.1, -0.05) is 48.5 Å². The van der Waals surface area contributed by atoms with Crippen LogP contribution in [0.2, 0.25) is 0 Å². The third kappa shape index (κ3) is 4.58. The van der Waals surface area contributed by atoms with Crippen LogP contribution >= 0.6 is 11.8 Å². The molecule has 3 heterocycles. The number of carbonyl (C=O) groups excluding carboxylic acids is 1. The van der Waals surface area contributed by atoms with Gasteiger partial charge in [0.05, 0.1) is 5.25 Å². The summed E-state index contributed by atoms with van der Waals surface area (Å²) in [5, 5.41) is 9.49. The van der Waals surface area contributed by atoms with Gasteiger partial charge in [-0.25, -0.2) is 0 Å². The van der Waals surface area contributed by atoms with E-state index in [9.17, 15) is 4.79 Å². The average molecular weight is 400 g/mol. The summed E-state index contributed by atoms with van der Waals surface area (Å²) in [5.41, 5.74) is 1.33. The van der Waals surface area contributed by atoms with Crippen molar-refractivity contribution in [2.75, 3.05) is 26.2 Å². The quantitative estimate of drug-likeness (QED) is 0.724. The number of fused-ring (bicyclic) bond motifs is 1. The van der Waals surface area contributed by atoms with Crippen molar-refractivity contribution >= 4 is 17.7 Å². The van der Waals surface area contributed by atoms with Gasteiger partial charge in [0.1, 0.15) is 5.82 Å². The topological polar surface area (TPSA) is 54.3 Å². The van der Waals surface area contributed by atoms with E-state index in [4.69, 9.17) is 0 Å². The predicted octanol–water partition coefficient (Wildman–Crippen LogP) is 2.83. The van der Waals surface area contributed by atoms with Gasteiger partial charge in [0.15, 0.2) is 5.16 Å². The second-order valence-corrected chi connectivity index (χ2v) is 9.02. The summed E-state index contributed by atoms with van der Waals surface area (Å²) in [5.74, 6) is 1.30. The smallest absolute Gasteiger partial charge is 0.235 e. The molecule has 1 saturated heterocycles. The second kappa shape index (κ2) is 9.09. The van der Waals surface area contributed by atoms with Crippen LogP contribution in [0.5, 0.6) is 0 Å². The molecule has 0 N–H and O–H groups in total. The Hall–Kier alpha value is -1.86. The molecule has 2 aliphatic rings. The standard InChI is InChI=1S/C21H29N5OS/c1-17(28-21-23-22-19-10-6-3-7-11-26(19)21)20(27)25-14-12-24(13-15-25)16-18-8-4-2-5-9-18/h2,4-5,8-9,17H,3,6-7,10-16H2,1H3/t17-/m0/s1. The Morgan fingerprint density at radius 1 is 1.04 bits per heavy atom. The number of hydrogen-bond acceptors (Lipinski definition) is 5. The molecule has 0 spiro atoms. The highest BCUT2D eigenvalue weighted by Crippen LogP contribution is 2.26. The van der Waals surface area contributed by atoms with Gasteiger partial charge in [0.2, 0.25) is 5.91 Å². The highest BCUT2D eigenvalue weighted by Gasteiger charge is 2.27. The zero-order valence-corrected chi connectivity index (χ0v) is 17.4. The third-order valence-corrected chi connectivity index (χ3v) is 6.71. The van der Waals surface area contributed by atoms with Crippen molar-refractivity contribution in [3.8, 4) is 0 Å². The number of rotatable bonds is 5. The first kappa shape index (κ1) is 19.5. The van der Waals surface area contributed by atoms with E-state index in [1.54, 1.807) is 11.8 Å². The van der Waals surface area contributed by atoms with Gasteiger partial charge in [0, 0.05) is 45.7 Å². The highest BCUT2D eigenvalue weighted by molar-refractivity contribution is 8.00. The van der Waals surface area contributed by atoms with Crippen LogP contribution in [0.15, 0.2) is 35.5 Å². The van der Waals surface area contributed by atoms with E-state index in [1.807, 2.05) is 17.9 Å². The molecule has 0 unspecified atom stereocenters. The minimum absolute atomic E-state index is 0.128. The largest absolute Gasteiger partial charge is 0.339 e. The summed E-state index contributed by atoms with van der Waals surface area (Å²) in [6, 6.07) is 10.5. The molecular weight excluding hydrogens is 370 g/mol. The van der Waals surface area contributed by atoms with E-state index < -0.39 is 0 Å². The number of benzene rings is 1. The number of aryl methyl sites for hydroxylation is 1. The Bertz CT molecular complexity index is 785. The van der Waals surface area contributed by atoms with Gasteiger partial charge in [-0.05, 0) is 25.3 Å². The molecule has 1 amide bonds. The molecular formula is C21H29N5OS. The van der Waals surface area contributed by atoms with E-state index in [0.29, 0.717) is 0 Å². The number of nitrogens with zero attached hydrogens (tertiary/aromatic N) is 5. The maximum Gasteiger partial charge on any atom is 0.235 e. The lowest BCUT2D eigenvalue weighted by atomic mass is 10.2. The molecule has 0 aliphatic carbocycles. The molecule has 150 valence electrons. The maximum absolute atomic E-state index is 13.0. The molecule has 2 aliphatic heterocycles. The predicted molar refractivity (Wildman–Crippen MR) is 111 cm³/mol. The monoisotopic (exact) mass is 399 g/mol. The third-order valence-electron chi connectivity index (χ3n) is 5.64. The van der Waals surface area contributed by atoms with Gasteiger partial charge < -0.3 is 9.47 Å². The zero-order chi connectivity index (χ0) is 19.3. The number of aromatic nitrogens is 3. The molecule has 1 atom stereocenters. The fourth-order valence-electron chi connectivity index (χ4n) is 3.98. The highest BCUT2D eigenvalue weighted by atomic mass is 32.2. The Morgan fingerprint density at radius 3 is 2.61 bits per heavy atom. The Kier molecular flexibility index (Phi) is 6.32. The molecule has 1 fully saturated rings. The molecule has 0 radical (unpaired) electrons. The van der Waals surface area contributed by atoms with Crippen LogP contribution in [0, 0.1) is 0 Å². The fourth-order valence-corrected chi connectivity index (χ4v) is 4.96. The lowest BCUT2D eigenvalue weighted by molar-refractivity contribution is -0.132. The molecule has 0 saturated carbocycles. The number of thioether (sulfide) groups is 1. The molecule has 28 heavy (non-hydrogen) atoms. The fraction of sp³-hybridized carbons (Fsp3) is 0.571. The Morgan fingerprint density at radius 2 is 1.82 bits per heavy atom. The minimum Gasteiger partial charge on any atom is -0.339 e. The van der Waals surface area contributed by atoms with Crippen LogP contribution in [0.1, 0.15) is 37.6 Å². The molecule has 7 heteroatoms. The van der Waals surface area contributed by atoms with Crippen LogP contribution in [-0.2, 0) is 24.3 Å². The van der Waals surface area contributed by atoms with Gasteiger partial charge in [-0.15, -0.1) is 10.2 Å². The first-order valence-electron chi connectivity index (χ1n) is 10.3. The van der Waals surface area contributed by atoms with Crippen LogP contribution in [0.4, 0.5) is 0 Å². The molecule has 0 bridgehead atoms. The van der Waals surface area contributed by atoms with E-state index in [2.05, 4.69) is 43.9 Å². The summed E-state index contributed by atoms with van der Waals surface area (Å²) in [7, 11) is 0. The number of carbonyl (C=O) groups is 1. The molecule has 2 aromatic rings. The van der Waals surface area contributed by atoms with Crippen molar-refractivity contribution in [2.24, 2.45) is 0 Å². The summed E-state index contributed by atoms with van der Waals surface area (Å²) < 4.78 is 2.22. The summed E-state index contributed by atoms with van der Waals surface area (Å²) in [4.78, 5) is 17.4. The lowest BCUT2D eigenvalue weighted by Gasteiger charge is -2.35. The van der Waals surface area contributed by atoms with Crippen molar-refractivity contribution in [1.29, 1.82) is 0 Å². The average Bonchev–Trinajstić information content (AvgIpc) is 2.95. The second-order valence-electron chi connectivity index (χ2n) is 7.71. The molecule has 4 rings (SSSR count). The Balaban J connectivity index is 1.30. The van der Waals surface area contributed by atoms with Crippen LogP contribution in [0.25, 0.3) is 0 Å². The number of amides is 1. The number of piperazine rings is 1. The zero-order valence-electron chi connectivity index (χ0n) is 16.6. The number of hydrogen-bond donors (Lipinski definition) is 0. The van der Waals surface area contributed by atoms with Gasteiger partial charge in [-0.2, -0.15) is 0 Å². The van der Waals surface area contributed by atoms with Gasteiger partial charge in [0.25, 0.3) is 0 Å². The molecule has 1 aromatic carbocycles. The summed E-state index contributed by atoms with van der Waals surface area (Å²) >= 11 is 1.56.